The van der Waals surface area contributed by atoms with Crippen LogP contribution in [0.15, 0.2) is 12.1 Å². The number of halogens is 1. The number of ether oxygens (including phenoxy) is 2. The summed E-state index contributed by atoms with van der Waals surface area (Å²) in [6.45, 7) is 3.45. The molecule has 1 saturated carbocycles. The minimum absolute atomic E-state index is 0. The van der Waals surface area contributed by atoms with Gasteiger partial charge in [0.15, 0.2) is 11.5 Å². The number of nitrogens with zero attached hydrogens (tertiary/aromatic N) is 1. The molecule has 2 fully saturated rings. The second kappa shape index (κ2) is 9.23. The van der Waals surface area contributed by atoms with Gasteiger partial charge in [-0.1, -0.05) is 32.6 Å². The molecule has 28 heavy (non-hydrogen) atoms. The molecule has 158 valence electrons. The fourth-order valence-electron chi connectivity index (χ4n) is 5.95. The second-order valence-corrected chi connectivity index (χ2v) is 8.81. The van der Waals surface area contributed by atoms with E-state index in [1.54, 1.807) is 14.2 Å². The largest absolute Gasteiger partial charge is 0.493 e. The van der Waals surface area contributed by atoms with Gasteiger partial charge in [0.25, 0.3) is 0 Å². The van der Waals surface area contributed by atoms with E-state index >= 15 is 0 Å². The maximum atomic E-state index is 6.70. The Morgan fingerprint density at radius 3 is 2.43 bits per heavy atom. The van der Waals surface area contributed by atoms with Gasteiger partial charge < -0.3 is 15.2 Å². The van der Waals surface area contributed by atoms with Crippen LogP contribution in [0.25, 0.3) is 0 Å². The van der Waals surface area contributed by atoms with Crippen molar-refractivity contribution in [2.45, 2.75) is 82.3 Å². The molecule has 1 aromatic carbocycles. The molecular formula is C23H37ClN2O2. The summed E-state index contributed by atoms with van der Waals surface area (Å²) < 4.78 is 11.3. The predicted molar refractivity (Wildman–Crippen MR) is 117 cm³/mol. The summed E-state index contributed by atoms with van der Waals surface area (Å²) >= 11 is 0. The van der Waals surface area contributed by atoms with Crippen LogP contribution in [0.2, 0.25) is 0 Å². The summed E-state index contributed by atoms with van der Waals surface area (Å²) in [5, 5.41) is 0. The van der Waals surface area contributed by atoms with Crippen LogP contribution in [0.5, 0.6) is 11.5 Å². The number of rotatable bonds is 5. The van der Waals surface area contributed by atoms with E-state index in [0.29, 0.717) is 30.0 Å². The van der Waals surface area contributed by atoms with Gasteiger partial charge in [0.2, 0.25) is 0 Å². The average Bonchev–Trinajstić information content (AvgIpc) is 2.71. The van der Waals surface area contributed by atoms with Crippen LogP contribution >= 0.6 is 12.4 Å². The van der Waals surface area contributed by atoms with E-state index in [-0.39, 0.29) is 12.4 Å². The van der Waals surface area contributed by atoms with Crippen molar-refractivity contribution in [3.05, 3.63) is 23.3 Å². The lowest BCUT2D eigenvalue weighted by Crippen LogP contribution is -2.56. The summed E-state index contributed by atoms with van der Waals surface area (Å²) in [7, 11) is 3.48. The zero-order chi connectivity index (χ0) is 19.0. The van der Waals surface area contributed by atoms with Crippen molar-refractivity contribution in [2.24, 2.45) is 11.7 Å². The van der Waals surface area contributed by atoms with Crippen LogP contribution in [-0.4, -0.2) is 37.7 Å². The highest BCUT2D eigenvalue weighted by atomic mass is 35.5. The number of hydrogen-bond acceptors (Lipinski definition) is 4. The van der Waals surface area contributed by atoms with E-state index < -0.39 is 0 Å². The third-order valence-electron chi connectivity index (χ3n) is 7.38. The number of benzene rings is 1. The van der Waals surface area contributed by atoms with Crippen molar-refractivity contribution < 1.29 is 9.47 Å². The average molecular weight is 409 g/mol. The molecule has 0 bridgehead atoms. The van der Waals surface area contributed by atoms with Gasteiger partial charge in [0.05, 0.1) is 14.2 Å². The maximum absolute atomic E-state index is 6.70. The topological polar surface area (TPSA) is 47.7 Å². The van der Waals surface area contributed by atoms with Crippen molar-refractivity contribution in [3.8, 4) is 11.5 Å². The number of methoxy groups -OCH3 is 2. The zero-order valence-corrected chi connectivity index (χ0v) is 18.5. The molecule has 4 rings (SSSR count). The minimum Gasteiger partial charge on any atom is -0.493 e. The number of fused-ring (bicyclic) bond motifs is 6. The van der Waals surface area contributed by atoms with Gasteiger partial charge in [0.1, 0.15) is 0 Å². The van der Waals surface area contributed by atoms with Crippen LogP contribution < -0.4 is 15.2 Å². The highest BCUT2D eigenvalue weighted by Gasteiger charge is 2.46. The van der Waals surface area contributed by atoms with E-state index in [1.807, 2.05) is 0 Å². The van der Waals surface area contributed by atoms with Gasteiger partial charge in [-0.3, -0.25) is 4.90 Å². The fraction of sp³-hybridized carbons (Fsp3) is 0.739. The van der Waals surface area contributed by atoms with Crippen LogP contribution in [0.3, 0.4) is 0 Å². The molecule has 1 aliphatic carbocycles. The van der Waals surface area contributed by atoms with Gasteiger partial charge in [-0.15, -0.1) is 12.4 Å². The smallest absolute Gasteiger partial charge is 0.161 e. The molecule has 2 N–H and O–H groups in total. The number of nitrogens with two attached hydrogens (primary N) is 1. The quantitative estimate of drug-likeness (QED) is 0.740. The van der Waals surface area contributed by atoms with Gasteiger partial charge in [-0.2, -0.15) is 0 Å². The molecule has 0 aromatic heterocycles. The number of unbranched alkanes of at least 4 members (excludes halogenated alkanes) is 1. The third-order valence-corrected chi connectivity index (χ3v) is 7.38. The maximum Gasteiger partial charge on any atom is 0.161 e. The first-order valence-electron chi connectivity index (χ1n) is 10.9. The van der Waals surface area contributed by atoms with Crippen molar-refractivity contribution in [2.75, 3.05) is 20.8 Å². The van der Waals surface area contributed by atoms with Crippen LogP contribution in [-0.2, 0) is 0 Å². The van der Waals surface area contributed by atoms with Gasteiger partial charge in [-0.05, 0) is 60.8 Å². The Morgan fingerprint density at radius 2 is 1.75 bits per heavy atom. The fourth-order valence-corrected chi connectivity index (χ4v) is 5.95. The molecule has 0 amide bonds. The van der Waals surface area contributed by atoms with Crippen LogP contribution in [0, 0.1) is 5.92 Å². The highest BCUT2D eigenvalue weighted by molar-refractivity contribution is 5.85. The van der Waals surface area contributed by atoms with E-state index in [0.717, 1.165) is 17.9 Å². The minimum atomic E-state index is 0. The van der Waals surface area contributed by atoms with E-state index in [1.165, 1.54) is 62.6 Å². The second-order valence-electron chi connectivity index (χ2n) is 8.81. The van der Waals surface area contributed by atoms with Crippen molar-refractivity contribution in [1.82, 2.24) is 4.90 Å². The molecule has 1 saturated heterocycles. The SMILES string of the molecule is CCCC[C@@H]1CN2[C@@H](C[C@@H]1N)c1cc(OC)c(OC)cc1[C@@H]1CCCC[C@@H]12.Cl. The first kappa shape index (κ1) is 21.7. The highest BCUT2D eigenvalue weighted by Crippen LogP contribution is 2.52. The summed E-state index contributed by atoms with van der Waals surface area (Å²) in [4.78, 5) is 2.84. The molecule has 4 nitrogen and oxygen atoms in total. The molecular weight excluding hydrogens is 372 g/mol. The Balaban J connectivity index is 0.00000225. The third kappa shape index (κ3) is 3.76. The summed E-state index contributed by atoms with van der Waals surface area (Å²) in [6, 6.07) is 5.93. The van der Waals surface area contributed by atoms with Crippen LogP contribution in [0.4, 0.5) is 0 Å². The lowest BCUT2D eigenvalue weighted by Gasteiger charge is -2.54. The number of hydrogen-bond donors (Lipinski definition) is 1. The summed E-state index contributed by atoms with van der Waals surface area (Å²) in [5.74, 6) is 3.00. The van der Waals surface area contributed by atoms with Crippen LogP contribution in [0.1, 0.15) is 81.4 Å². The summed E-state index contributed by atoms with van der Waals surface area (Å²) in [5.41, 5.74) is 9.64. The van der Waals surface area contributed by atoms with E-state index in [9.17, 15) is 0 Å². The molecule has 0 spiro atoms. The lowest BCUT2D eigenvalue weighted by molar-refractivity contribution is 0.00839. The Labute approximate surface area is 176 Å². The Kier molecular flexibility index (Phi) is 7.17. The first-order valence-corrected chi connectivity index (χ1v) is 10.9. The Hall–Kier alpha value is -0.970. The molecule has 2 aliphatic heterocycles. The predicted octanol–water partition coefficient (Wildman–Crippen LogP) is 5.05. The first-order chi connectivity index (χ1) is 13.2. The van der Waals surface area contributed by atoms with Crippen molar-refractivity contribution in [1.29, 1.82) is 0 Å². The van der Waals surface area contributed by atoms with Crippen molar-refractivity contribution >= 4 is 12.4 Å². The molecule has 2 heterocycles. The monoisotopic (exact) mass is 408 g/mol. The van der Waals surface area contributed by atoms with E-state index in [4.69, 9.17) is 15.2 Å². The molecule has 0 radical (unpaired) electrons. The normalized spacial score (nSPS) is 31.8. The van der Waals surface area contributed by atoms with Gasteiger partial charge in [0, 0.05) is 24.7 Å². The molecule has 1 aromatic rings. The van der Waals surface area contributed by atoms with Crippen molar-refractivity contribution in [3.63, 3.8) is 0 Å². The van der Waals surface area contributed by atoms with E-state index in [2.05, 4.69) is 24.0 Å². The van der Waals surface area contributed by atoms with Gasteiger partial charge >= 0.3 is 0 Å². The van der Waals surface area contributed by atoms with Gasteiger partial charge in [-0.25, -0.2) is 0 Å². The molecule has 5 atom stereocenters. The Bertz CT molecular complexity index is 668. The standard InChI is InChI=1S/C23H36N2O2.ClH/c1-4-5-8-15-14-25-20-10-7-6-9-16(20)17-11-22(26-2)23(27-3)12-18(17)21(25)13-19(15)24;/h11-12,15-16,19-21H,4-10,13-14,24H2,1-3H3;1H/t15-,16+,19+,20+,21+;/m1./s1. The zero-order valence-electron chi connectivity index (χ0n) is 17.7. The molecule has 3 aliphatic rings. The number of piperidine rings is 1. The molecule has 0 unspecified atom stereocenters. The Morgan fingerprint density at radius 1 is 1.07 bits per heavy atom. The molecule has 5 heteroatoms. The lowest BCUT2D eigenvalue weighted by atomic mass is 9.69. The summed E-state index contributed by atoms with van der Waals surface area (Å²) in [6.07, 6.45) is 10.2.